The predicted octanol–water partition coefficient (Wildman–Crippen LogP) is 0.289. The van der Waals surface area contributed by atoms with E-state index in [0.717, 1.165) is 12.2 Å². The topological polar surface area (TPSA) is 85.8 Å². The molecule has 1 atom stereocenters. The van der Waals surface area contributed by atoms with E-state index in [1.807, 2.05) is 10.9 Å². The fourth-order valence-corrected chi connectivity index (χ4v) is 1.67. The molecule has 1 unspecified atom stereocenters. The number of carbonyl (C=O) groups is 1. The van der Waals surface area contributed by atoms with E-state index < -0.39 is 0 Å². The van der Waals surface area contributed by atoms with Crippen LogP contribution in [0.2, 0.25) is 0 Å². The highest BCUT2D eigenvalue weighted by atomic mass is 16.1. The summed E-state index contributed by atoms with van der Waals surface area (Å²) in [6.07, 6.45) is 4.22. The number of nitrogens with one attached hydrogen (secondary N) is 1. The zero-order valence-corrected chi connectivity index (χ0v) is 10.5. The molecular formula is C11H21N5O. The molecule has 0 saturated heterocycles. The SMILES string of the molecule is CCCC(C)Cn1cc(CNC(=O)CN)nn1. The van der Waals surface area contributed by atoms with Crippen LogP contribution in [0.5, 0.6) is 0 Å². The van der Waals surface area contributed by atoms with E-state index in [1.165, 1.54) is 12.8 Å². The van der Waals surface area contributed by atoms with Crippen LogP contribution in [0, 0.1) is 5.92 Å². The molecule has 6 nitrogen and oxygen atoms in total. The maximum Gasteiger partial charge on any atom is 0.234 e. The van der Waals surface area contributed by atoms with Gasteiger partial charge in [-0.25, -0.2) is 0 Å². The lowest BCUT2D eigenvalue weighted by Gasteiger charge is -2.08. The zero-order valence-electron chi connectivity index (χ0n) is 10.5. The Labute approximate surface area is 102 Å². The smallest absolute Gasteiger partial charge is 0.234 e. The lowest BCUT2D eigenvalue weighted by atomic mass is 10.1. The van der Waals surface area contributed by atoms with Crippen molar-refractivity contribution in [2.45, 2.75) is 39.8 Å². The van der Waals surface area contributed by atoms with Crippen molar-refractivity contribution in [1.82, 2.24) is 20.3 Å². The van der Waals surface area contributed by atoms with E-state index in [9.17, 15) is 4.79 Å². The Hall–Kier alpha value is -1.43. The molecule has 1 heterocycles. The van der Waals surface area contributed by atoms with Gasteiger partial charge in [-0.2, -0.15) is 0 Å². The van der Waals surface area contributed by atoms with Crippen molar-refractivity contribution in [3.63, 3.8) is 0 Å². The average Bonchev–Trinajstić information content (AvgIpc) is 2.74. The zero-order chi connectivity index (χ0) is 12.7. The molecule has 1 aromatic heterocycles. The van der Waals surface area contributed by atoms with Gasteiger partial charge in [-0.05, 0) is 12.3 Å². The number of hydrogen-bond acceptors (Lipinski definition) is 4. The summed E-state index contributed by atoms with van der Waals surface area (Å²) in [4.78, 5) is 11.0. The quantitative estimate of drug-likeness (QED) is 0.716. The third-order valence-electron chi connectivity index (χ3n) is 2.52. The van der Waals surface area contributed by atoms with Crippen LogP contribution in [0.3, 0.4) is 0 Å². The van der Waals surface area contributed by atoms with E-state index in [0.29, 0.717) is 12.5 Å². The highest BCUT2D eigenvalue weighted by Crippen LogP contribution is 2.07. The Bertz CT molecular complexity index is 349. The first-order chi connectivity index (χ1) is 8.15. The summed E-state index contributed by atoms with van der Waals surface area (Å²) in [7, 11) is 0. The summed E-state index contributed by atoms with van der Waals surface area (Å²) in [6.45, 7) is 5.62. The van der Waals surface area contributed by atoms with Crippen molar-refractivity contribution in [3.8, 4) is 0 Å². The predicted molar refractivity (Wildman–Crippen MR) is 65.0 cm³/mol. The third kappa shape index (κ3) is 4.95. The maximum absolute atomic E-state index is 11.0. The molecule has 96 valence electrons. The second kappa shape index (κ2) is 7.01. The van der Waals surface area contributed by atoms with Crippen molar-refractivity contribution in [1.29, 1.82) is 0 Å². The standard InChI is InChI=1S/C11H21N5O/c1-3-4-9(2)7-16-8-10(14-15-16)6-13-11(17)5-12/h8-9H,3-7,12H2,1-2H3,(H,13,17). The largest absolute Gasteiger partial charge is 0.349 e. The Balaban J connectivity index is 2.39. The minimum atomic E-state index is -0.182. The highest BCUT2D eigenvalue weighted by Gasteiger charge is 2.06. The first-order valence-electron chi connectivity index (χ1n) is 6.01. The summed E-state index contributed by atoms with van der Waals surface area (Å²) in [5, 5.41) is 10.7. The van der Waals surface area contributed by atoms with Gasteiger partial charge in [-0.15, -0.1) is 5.10 Å². The molecule has 0 bridgehead atoms. The number of amides is 1. The molecule has 0 aromatic carbocycles. The lowest BCUT2D eigenvalue weighted by molar-refractivity contribution is -0.119. The molecule has 3 N–H and O–H groups in total. The summed E-state index contributed by atoms with van der Waals surface area (Å²) in [5.41, 5.74) is 5.95. The molecule has 0 radical (unpaired) electrons. The minimum Gasteiger partial charge on any atom is -0.349 e. The van der Waals surface area contributed by atoms with Crippen molar-refractivity contribution in [2.24, 2.45) is 11.7 Å². The molecular weight excluding hydrogens is 218 g/mol. The average molecular weight is 239 g/mol. The molecule has 0 aliphatic carbocycles. The van der Waals surface area contributed by atoms with Crippen molar-refractivity contribution < 1.29 is 4.79 Å². The van der Waals surface area contributed by atoms with Crippen molar-refractivity contribution in [3.05, 3.63) is 11.9 Å². The first-order valence-corrected chi connectivity index (χ1v) is 6.01. The Morgan fingerprint density at radius 3 is 3.06 bits per heavy atom. The van der Waals surface area contributed by atoms with E-state index in [4.69, 9.17) is 5.73 Å². The van der Waals surface area contributed by atoms with Gasteiger partial charge in [-0.1, -0.05) is 25.5 Å². The molecule has 1 aromatic rings. The van der Waals surface area contributed by atoms with Gasteiger partial charge in [0.05, 0.1) is 19.3 Å². The monoisotopic (exact) mass is 239 g/mol. The van der Waals surface area contributed by atoms with E-state index in [-0.39, 0.29) is 12.5 Å². The summed E-state index contributed by atoms with van der Waals surface area (Å²) < 4.78 is 1.82. The van der Waals surface area contributed by atoms with Gasteiger partial charge < -0.3 is 11.1 Å². The van der Waals surface area contributed by atoms with Crippen LogP contribution in [-0.2, 0) is 17.9 Å². The molecule has 1 rings (SSSR count). The number of nitrogens with zero attached hydrogens (tertiary/aromatic N) is 3. The van der Waals surface area contributed by atoms with Crippen molar-refractivity contribution >= 4 is 5.91 Å². The molecule has 0 aliphatic heterocycles. The van der Waals surface area contributed by atoms with Crippen LogP contribution in [0.4, 0.5) is 0 Å². The molecule has 0 aliphatic rings. The van der Waals surface area contributed by atoms with Gasteiger partial charge in [0.1, 0.15) is 5.69 Å². The molecule has 6 heteroatoms. The van der Waals surface area contributed by atoms with Crippen LogP contribution < -0.4 is 11.1 Å². The third-order valence-corrected chi connectivity index (χ3v) is 2.52. The Morgan fingerprint density at radius 1 is 1.65 bits per heavy atom. The maximum atomic E-state index is 11.0. The fraction of sp³-hybridized carbons (Fsp3) is 0.727. The molecule has 1 amide bonds. The van der Waals surface area contributed by atoms with Gasteiger partial charge in [0, 0.05) is 6.54 Å². The van der Waals surface area contributed by atoms with E-state index in [2.05, 4.69) is 29.5 Å². The number of carbonyl (C=O) groups excluding carboxylic acids is 1. The summed E-state index contributed by atoms with van der Waals surface area (Å²) >= 11 is 0. The van der Waals surface area contributed by atoms with E-state index in [1.54, 1.807) is 0 Å². The van der Waals surface area contributed by atoms with Crippen LogP contribution >= 0.6 is 0 Å². The minimum absolute atomic E-state index is 0.00166. The molecule has 17 heavy (non-hydrogen) atoms. The molecule has 0 saturated carbocycles. The van der Waals surface area contributed by atoms with Gasteiger partial charge in [0.2, 0.25) is 5.91 Å². The molecule has 0 fully saturated rings. The Kier molecular flexibility index (Phi) is 5.62. The van der Waals surface area contributed by atoms with Gasteiger partial charge in [0.15, 0.2) is 0 Å². The number of nitrogens with two attached hydrogens (primary N) is 1. The first kappa shape index (κ1) is 13.6. The summed E-state index contributed by atoms with van der Waals surface area (Å²) in [6, 6.07) is 0. The number of rotatable bonds is 7. The van der Waals surface area contributed by atoms with Crippen LogP contribution in [0.25, 0.3) is 0 Å². The Morgan fingerprint density at radius 2 is 2.41 bits per heavy atom. The van der Waals surface area contributed by atoms with Crippen molar-refractivity contribution in [2.75, 3.05) is 6.54 Å². The second-order valence-corrected chi connectivity index (χ2v) is 4.31. The number of hydrogen-bond donors (Lipinski definition) is 2. The van der Waals surface area contributed by atoms with Gasteiger partial charge >= 0.3 is 0 Å². The fourth-order valence-electron chi connectivity index (χ4n) is 1.67. The second-order valence-electron chi connectivity index (χ2n) is 4.31. The van der Waals surface area contributed by atoms with Gasteiger partial charge in [0.25, 0.3) is 0 Å². The van der Waals surface area contributed by atoms with Gasteiger partial charge in [-0.3, -0.25) is 9.48 Å². The normalized spacial score (nSPS) is 12.4. The highest BCUT2D eigenvalue weighted by molar-refractivity contribution is 5.77. The van der Waals surface area contributed by atoms with Crippen LogP contribution in [-0.4, -0.2) is 27.4 Å². The van der Waals surface area contributed by atoms with Crippen LogP contribution in [0.1, 0.15) is 32.4 Å². The van der Waals surface area contributed by atoms with Crippen LogP contribution in [0.15, 0.2) is 6.20 Å². The summed E-state index contributed by atoms with van der Waals surface area (Å²) in [5.74, 6) is 0.409. The number of aromatic nitrogens is 3. The molecule has 0 spiro atoms. The lowest BCUT2D eigenvalue weighted by Crippen LogP contribution is -2.29. The van der Waals surface area contributed by atoms with E-state index >= 15 is 0 Å².